The zero-order valence-corrected chi connectivity index (χ0v) is 24.3. The molecule has 3 aliphatic rings. The van der Waals surface area contributed by atoms with Crippen molar-refractivity contribution in [2.24, 2.45) is 16.6 Å². The van der Waals surface area contributed by atoms with Gasteiger partial charge in [0, 0.05) is 55.1 Å². The molecule has 3 N–H and O–H groups in total. The number of sulfone groups is 1. The van der Waals surface area contributed by atoms with E-state index in [1.165, 1.54) is 5.56 Å². The number of nitrogens with one attached hydrogen (secondary N) is 1. The molecule has 2 bridgehead atoms. The van der Waals surface area contributed by atoms with Crippen molar-refractivity contribution in [1.82, 2.24) is 9.62 Å². The highest BCUT2D eigenvalue weighted by molar-refractivity contribution is 7.92. The molecule has 1 aromatic rings. The molecule has 4 rings (SSSR count). The average Bonchev–Trinajstić information content (AvgIpc) is 3.09. The molecular formula is C26H42N4O5S2. The van der Waals surface area contributed by atoms with Gasteiger partial charge in [-0.3, -0.25) is 4.79 Å². The van der Waals surface area contributed by atoms with E-state index in [0.717, 1.165) is 11.9 Å². The van der Waals surface area contributed by atoms with Crippen LogP contribution in [0.2, 0.25) is 0 Å². The molecule has 9 nitrogen and oxygen atoms in total. The van der Waals surface area contributed by atoms with Gasteiger partial charge >= 0.3 is 0 Å². The number of sulfonamides is 1. The Labute approximate surface area is 222 Å². The molecule has 0 spiro atoms. The molecule has 11 heteroatoms. The normalized spacial score (nSPS) is 30.9. The van der Waals surface area contributed by atoms with Crippen LogP contribution in [0.25, 0.3) is 0 Å². The predicted octanol–water partition coefficient (Wildman–Crippen LogP) is 1.66. The number of nitrogens with two attached hydrogens (primary N) is 1. The minimum atomic E-state index is -3.61. The van der Waals surface area contributed by atoms with Gasteiger partial charge in [-0.15, -0.1) is 0 Å². The van der Waals surface area contributed by atoms with Gasteiger partial charge in [0.2, 0.25) is 15.9 Å². The fourth-order valence-corrected chi connectivity index (χ4v) is 10.6. The Balaban J connectivity index is 1.51. The SMILES string of the molecule is CCC(C(=O)NC12CCC(CS(=O)(=O)N3CCN(c4ccccc4C)CC3)([C@@H](N)C1)C2(C)C)S(C)(=O)=O. The molecule has 3 fully saturated rings. The van der Waals surface area contributed by atoms with Gasteiger partial charge < -0.3 is 16.0 Å². The number of hydrogen-bond acceptors (Lipinski definition) is 7. The number of para-hydroxylation sites is 1. The van der Waals surface area contributed by atoms with Crippen LogP contribution in [0.15, 0.2) is 24.3 Å². The monoisotopic (exact) mass is 554 g/mol. The molecule has 0 radical (unpaired) electrons. The highest BCUT2D eigenvalue weighted by atomic mass is 32.2. The number of carbonyl (C=O) groups excluding carboxylic acids is 1. The van der Waals surface area contributed by atoms with Gasteiger partial charge in [0.1, 0.15) is 5.25 Å². The maximum absolute atomic E-state index is 13.8. The van der Waals surface area contributed by atoms with Crippen LogP contribution >= 0.6 is 0 Å². The summed E-state index contributed by atoms with van der Waals surface area (Å²) >= 11 is 0. The molecule has 4 atom stereocenters. The minimum Gasteiger partial charge on any atom is -0.369 e. The zero-order valence-electron chi connectivity index (χ0n) is 22.7. The first-order valence-corrected chi connectivity index (χ1v) is 16.7. The molecule has 37 heavy (non-hydrogen) atoms. The highest BCUT2D eigenvalue weighted by Gasteiger charge is 2.72. The number of anilines is 1. The van der Waals surface area contributed by atoms with Gasteiger partial charge in [0.25, 0.3) is 0 Å². The van der Waals surface area contributed by atoms with Crippen LogP contribution < -0.4 is 16.0 Å². The van der Waals surface area contributed by atoms with Crippen molar-refractivity contribution in [2.75, 3.05) is 43.1 Å². The molecule has 1 saturated heterocycles. The number of piperazine rings is 1. The van der Waals surface area contributed by atoms with E-state index < -0.39 is 53.4 Å². The Morgan fingerprint density at radius 1 is 1.11 bits per heavy atom. The number of fused-ring (bicyclic) bond motifs is 2. The first-order valence-electron chi connectivity index (χ1n) is 13.2. The molecule has 0 aromatic heterocycles. The van der Waals surface area contributed by atoms with Crippen LogP contribution in [0.4, 0.5) is 5.69 Å². The van der Waals surface area contributed by atoms with Crippen LogP contribution in [0.1, 0.15) is 52.0 Å². The molecule has 1 aromatic carbocycles. The minimum absolute atomic E-state index is 0.0700. The Morgan fingerprint density at radius 2 is 1.73 bits per heavy atom. The van der Waals surface area contributed by atoms with E-state index in [2.05, 4.69) is 29.3 Å². The van der Waals surface area contributed by atoms with Crippen molar-refractivity contribution in [2.45, 2.75) is 70.2 Å². The van der Waals surface area contributed by atoms with Crippen LogP contribution in [0, 0.1) is 17.8 Å². The maximum Gasteiger partial charge on any atom is 0.238 e. The fraction of sp³-hybridized carbons (Fsp3) is 0.731. The van der Waals surface area contributed by atoms with E-state index in [1.807, 2.05) is 26.0 Å². The number of hydrogen-bond donors (Lipinski definition) is 2. The van der Waals surface area contributed by atoms with Gasteiger partial charge in [-0.05, 0) is 49.7 Å². The molecule has 1 heterocycles. The highest BCUT2D eigenvalue weighted by Crippen LogP contribution is 2.67. The standard InChI is InChI=1S/C26H42N4O5S2/c1-6-21(36(5,32)33)23(31)28-26-12-11-25(22(27)17-26,24(26,3)4)18-37(34,35)30-15-13-29(14-16-30)20-10-8-7-9-19(20)2/h7-10,21-22H,6,11-18,27H2,1-5H3,(H,28,31)/t21?,22-,25?,26?/m0/s1. The van der Waals surface area contributed by atoms with Crippen LogP contribution in [0.3, 0.4) is 0 Å². The summed E-state index contributed by atoms with van der Waals surface area (Å²) in [6.45, 7) is 9.78. The third kappa shape index (κ3) is 4.59. The number of carbonyl (C=O) groups is 1. The fourth-order valence-electron chi connectivity index (χ4n) is 7.29. The summed E-state index contributed by atoms with van der Waals surface area (Å²) in [6.07, 6.45) is 2.84. The van der Waals surface area contributed by atoms with Crippen LogP contribution in [0.5, 0.6) is 0 Å². The smallest absolute Gasteiger partial charge is 0.238 e. The van der Waals surface area contributed by atoms with Gasteiger partial charge in [0.15, 0.2) is 9.84 Å². The van der Waals surface area contributed by atoms with E-state index in [4.69, 9.17) is 5.73 Å². The lowest BCUT2D eigenvalue weighted by molar-refractivity contribution is -0.123. The van der Waals surface area contributed by atoms with Gasteiger partial charge in [-0.25, -0.2) is 16.8 Å². The summed E-state index contributed by atoms with van der Waals surface area (Å²) in [7, 11) is -7.18. The lowest BCUT2D eigenvalue weighted by atomic mass is 9.67. The van der Waals surface area contributed by atoms with Crippen LogP contribution in [-0.2, 0) is 24.7 Å². The number of benzene rings is 1. The Bertz CT molecular complexity index is 1260. The summed E-state index contributed by atoms with van der Waals surface area (Å²) in [5.74, 6) is -0.586. The Morgan fingerprint density at radius 3 is 2.27 bits per heavy atom. The van der Waals surface area contributed by atoms with E-state index >= 15 is 0 Å². The molecule has 3 unspecified atom stereocenters. The molecule has 2 aliphatic carbocycles. The molecule has 1 aliphatic heterocycles. The largest absolute Gasteiger partial charge is 0.369 e. The van der Waals surface area contributed by atoms with Gasteiger partial charge in [-0.2, -0.15) is 4.31 Å². The number of rotatable bonds is 8. The first-order chi connectivity index (χ1) is 17.1. The van der Waals surface area contributed by atoms with E-state index in [9.17, 15) is 21.6 Å². The van der Waals surface area contributed by atoms with Gasteiger partial charge in [0.05, 0.1) is 5.75 Å². The van der Waals surface area contributed by atoms with E-state index in [0.29, 0.717) is 45.4 Å². The van der Waals surface area contributed by atoms with Crippen molar-refractivity contribution < 1.29 is 21.6 Å². The number of nitrogens with zero attached hydrogens (tertiary/aromatic N) is 2. The summed E-state index contributed by atoms with van der Waals surface area (Å²) in [5, 5.41) is 1.94. The second kappa shape index (κ2) is 9.50. The molecule has 2 saturated carbocycles. The topological polar surface area (TPSA) is 130 Å². The van der Waals surface area contributed by atoms with Crippen molar-refractivity contribution >= 4 is 31.5 Å². The Kier molecular flexibility index (Phi) is 7.27. The second-order valence-corrected chi connectivity index (χ2v) is 16.0. The van der Waals surface area contributed by atoms with Crippen molar-refractivity contribution in [3.63, 3.8) is 0 Å². The summed E-state index contributed by atoms with van der Waals surface area (Å²) in [4.78, 5) is 15.3. The quantitative estimate of drug-likeness (QED) is 0.500. The van der Waals surface area contributed by atoms with Crippen molar-refractivity contribution in [1.29, 1.82) is 0 Å². The first kappa shape index (κ1) is 28.3. The summed E-state index contributed by atoms with van der Waals surface area (Å²) < 4.78 is 53.5. The summed E-state index contributed by atoms with van der Waals surface area (Å²) in [6, 6.07) is 7.71. The third-order valence-corrected chi connectivity index (χ3v) is 13.4. The van der Waals surface area contributed by atoms with Crippen LogP contribution in [-0.4, -0.2) is 82.1 Å². The second-order valence-electron chi connectivity index (χ2n) is 11.8. The molecular weight excluding hydrogens is 512 g/mol. The Hall–Kier alpha value is -1.69. The zero-order chi connectivity index (χ0) is 27.4. The van der Waals surface area contributed by atoms with Gasteiger partial charge in [-0.1, -0.05) is 39.0 Å². The third-order valence-electron chi connectivity index (χ3n) is 9.79. The molecule has 208 valence electrons. The predicted molar refractivity (Wildman–Crippen MR) is 147 cm³/mol. The number of amides is 1. The number of aryl methyl sites for hydroxylation is 1. The molecule has 1 amide bonds. The lowest BCUT2D eigenvalue weighted by Crippen LogP contribution is -2.58. The van der Waals surface area contributed by atoms with E-state index in [-0.39, 0.29) is 12.2 Å². The lowest BCUT2D eigenvalue weighted by Gasteiger charge is -2.45. The maximum atomic E-state index is 13.8. The van der Waals surface area contributed by atoms with E-state index in [1.54, 1.807) is 11.2 Å². The van der Waals surface area contributed by atoms with Crippen molar-refractivity contribution in [3.05, 3.63) is 29.8 Å². The summed E-state index contributed by atoms with van der Waals surface area (Å²) in [5.41, 5.74) is 6.91. The average molecular weight is 555 g/mol. The van der Waals surface area contributed by atoms with Crippen molar-refractivity contribution in [3.8, 4) is 0 Å².